The number of ether oxygens (including phenoxy) is 1. The van der Waals surface area contributed by atoms with Crippen molar-refractivity contribution in [2.24, 2.45) is 29.1 Å². The van der Waals surface area contributed by atoms with Crippen molar-refractivity contribution >= 4 is 21.6 Å². The van der Waals surface area contributed by atoms with Crippen LogP contribution in [-0.4, -0.2) is 46.2 Å². The number of amides is 1. The van der Waals surface area contributed by atoms with Crippen LogP contribution in [0.1, 0.15) is 77.8 Å². The molecule has 40 heavy (non-hydrogen) atoms. The average Bonchev–Trinajstić information content (AvgIpc) is 3.17. The zero-order valence-corrected chi connectivity index (χ0v) is 26.6. The summed E-state index contributed by atoms with van der Waals surface area (Å²) in [5, 5.41) is 0.0878. The highest BCUT2D eigenvalue weighted by atomic mass is 28.2. The highest BCUT2D eigenvalue weighted by Crippen LogP contribution is 2.56. The molecule has 2 aliphatic carbocycles. The maximum atomic E-state index is 14.5. The maximum Gasteiger partial charge on any atom is 0.308 e. The second-order valence-corrected chi connectivity index (χ2v) is 16.9. The molecule has 2 aromatic rings. The van der Waals surface area contributed by atoms with Gasteiger partial charge in [-0.25, -0.2) is 0 Å². The van der Waals surface area contributed by atoms with E-state index in [2.05, 4.69) is 100 Å². The van der Waals surface area contributed by atoms with Crippen molar-refractivity contribution in [3.05, 3.63) is 71.8 Å². The number of hydrogen-bond acceptors (Lipinski definition) is 4. The summed E-state index contributed by atoms with van der Waals surface area (Å²) in [6.45, 7) is 11.7. The number of esters is 1. The zero-order chi connectivity index (χ0) is 28.7. The quantitative estimate of drug-likeness (QED) is 0.303. The third-order valence-electron chi connectivity index (χ3n) is 9.88. The van der Waals surface area contributed by atoms with E-state index in [9.17, 15) is 9.59 Å². The molecule has 3 aliphatic rings. The number of benzene rings is 2. The van der Waals surface area contributed by atoms with E-state index in [1.807, 2.05) is 0 Å². The van der Waals surface area contributed by atoms with Crippen LogP contribution in [0, 0.1) is 29.1 Å². The summed E-state index contributed by atoms with van der Waals surface area (Å²) in [7, 11) is 0.499. The van der Waals surface area contributed by atoms with Crippen LogP contribution < -0.4 is 0 Å². The minimum atomic E-state index is -0.996. The predicted molar refractivity (Wildman–Crippen MR) is 161 cm³/mol. The van der Waals surface area contributed by atoms with E-state index in [1.54, 1.807) is 0 Å². The Morgan fingerprint density at radius 1 is 0.925 bits per heavy atom. The van der Waals surface area contributed by atoms with Gasteiger partial charge in [0.1, 0.15) is 5.60 Å². The van der Waals surface area contributed by atoms with Gasteiger partial charge in [-0.1, -0.05) is 102 Å². The molecule has 2 aromatic carbocycles. The molecule has 3 fully saturated rings. The van der Waals surface area contributed by atoms with Gasteiger partial charge in [-0.2, -0.15) is 0 Å². The minimum Gasteiger partial charge on any atom is -0.469 e. The first kappa shape index (κ1) is 29.1. The summed E-state index contributed by atoms with van der Waals surface area (Å²) >= 11 is 0. The Kier molecular flexibility index (Phi) is 8.06. The molecule has 5 rings (SSSR count). The van der Waals surface area contributed by atoms with Crippen molar-refractivity contribution in [1.29, 1.82) is 0 Å². The normalized spacial score (nSPS) is 28.7. The first-order valence-electron chi connectivity index (χ1n) is 15.1. The molecule has 6 heteroatoms. The summed E-state index contributed by atoms with van der Waals surface area (Å²) in [5.41, 5.74) is 0.903. The number of nitrogens with zero attached hydrogens (tertiary/aromatic N) is 1. The highest BCUT2D eigenvalue weighted by molar-refractivity contribution is 6.32. The fourth-order valence-electron chi connectivity index (χ4n) is 8.04. The van der Waals surface area contributed by atoms with E-state index in [-0.39, 0.29) is 34.8 Å². The molecular weight excluding hydrogens is 514 g/mol. The number of likely N-dealkylation sites (tertiary alicyclic amines) is 1. The summed E-state index contributed by atoms with van der Waals surface area (Å²) in [6, 6.07) is 21.4. The van der Waals surface area contributed by atoms with Crippen LogP contribution in [0.3, 0.4) is 0 Å². The lowest BCUT2D eigenvalue weighted by molar-refractivity contribution is -0.151. The fraction of sp³-hybridized carbons (Fsp3) is 0.588. The largest absolute Gasteiger partial charge is 0.469 e. The molecule has 0 spiro atoms. The smallest absolute Gasteiger partial charge is 0.308 e. The Balaban J connectivity index is 1.59. The van der Waals surface area contributed by atoms with E-state index < -0.39 is 20.8 Å². The number of carbonyl (C=O) groups is 2. The molecule has 2 saturated carbocycles. The second-order valence-electron chi connectivity index (χ2n) is 14.2. The lowest BCUT2D eigenvalue weighted by Crippen LogP contribution is -2.53. The summed E-state index contributed by atoms with van der Waals surface area (Å²) in [6.07, 6.45) is 4.95. The highest BCUT2D eigenvalue weighted by Gasteiger charge is 2.61. The molecule has 0 aromatic heterocycles. The minimum absolute atomic E-state index is 0.0492. The monoisotopic (exact) mass is 561 g/mol. The van der Waals surface area contributed by atoms with Crippen LogP contribution in [0.5, 0.6) is 0 Å². The number of methoxy groups -OCH3 is 1. The van der Waals surface area contributed by atoms with Crippen LogP contribution in [0.15, 0.2) is 60.7 Å². The van der Waals surface area contributed by atoms with Gasteiger partial charge in [-0.15, -0.1) is 0 Å². The molecule has 0 N–H and O–H groups in total. The topological polar surface area (TPSA) is 55.8 Å². The van der Waals surface area contributed by atoms with Gasteiger partial charge >= 0.3 is 5.97 Å². The number of fused-ring (bicyclic) bond motifs is 2. The third-order valence-corrected chi connectivity index (χ3v) is 11.3. The van der Waals surface area contributed by atoms with E-state index in [0.29, 0.717) is 18.4 Å². The van der Waals surface area contributed by atoms with Crippen molar-refractivity contribution in [3.8, 4) is 0 Å². The Hall–Kier alpha value is -2.44. The number of hydrogen-bond donors (Lipinski definition) is 0. The lowest BCUT2D eigenvalue weighted by Gasteiger charge is -2.49. The van der Waals surface area contributed by atoms with Gasteiger partial charge in [-0.3, -0.25) is 9.59 Å². The van der Waals surface area contributed by atoms with Gasteiger partial charge in [0.25, 0.3) is 0 Å². The molecule has 3 unspecified atom stereocenters. The SMILES string of the molecule is COC(=O)C1CC2CCCC(C1)C2N1CC(C(O[SiH2]C(C)(C)C)(c2ccccc2)c2ccccc2)C(C)(C)C1=O. The van der Waals surface area contributed by atoms with Gasteiger partial charge in [0.15, 0.2) is 9.76 Å². The van der Waals surface area contributed by atoms with Crippen LogP contribution in [0.25, 0.3) is 0 Å². The summed E-state index contributed by atoms with van der Waals surface area (Å²) in [4.78, 5) is 29.3. The predicted octanol–water partition coefficient (Wildman–Crippen LogP) is 6.10. The Morgan fingerprint density at radius 2 is 1.45 bits per heavy atom. The Morgan fingerprint density at radius 3 is 1.93 bits per heavy atom. The standard InChI is InChI=1S/C34H47NO4Si/c1-32(2,3)40-39-34(26-16-9-7-10-17-26,27-18-11-8-12-19-27)28-22-35(31(37)33(28,4)5)29-23-14-13-15-24(29)21-25(20-23)30(36)38-6/h7-12,16-19,23-25,28-29H,13-15,20-22,40H2,1-6H3. The van der Waals surface area contributed by atoms with Crippen molar-refractivity contribution in [3.63, 3.8) is 0 Å². The van der Waals surface area contributed by atoms with Gasteiger partial charge < -0.3 is 14.1 Å². The van der Waals surface area contributed by atoms with Crippen molar-refractivity contribution in [2.45, 2.75) is 83.4 Å². The van der Waals surface area contributed by atoms with Crippen molar-refractivity contribution < 1.29 is 18.8 Å². The van der Waals surface area contributed by atoms with Crippen LogP contribution in [-0.2, 0) is 24.4 Å². The molecule has 216 valence electrons. The van der Waals surface area contributed by atoms with Crippen LogP contribution in [0.2, 0.25) is 5.04 Å². The van der Waals surface area contributed by atoms with Crippen LogP contribution >= 0.6 is 0 Å². The maximum absolute atomic E-state index is 14.5. The van der Waals surface area contributed by atoms with Crippen LogP contribution in [0.4, 0.5) is 0 Å². The molecule has 2 bridgehead atoms. The van der Waals surface area contributed by atoms with Gasteiger partial charge in [0.05, 0.1) is 18.4 Å². The number of carbonyl (C=O) groups excluding carboxylic acids is 2. The number of rotatable bonds is 7. The lowest BCUT2D eigenvalue weighted by atomic mass is 9.64. The first-order chi connectivity index (χ1) is 19.0. The molecule has 5 nitrogen and oxygen atoms in total. The Bertz CT molecular complexity index is 1140. The van der Waals surface area contributed by atoms with Gasteiger partial charge in [0.2, 0.25) is 5.91 Å². The fourth-order valence-corrected chi connectivity index (χ4v) is 9.23. The van der Waals surface area contributed by atoms with E-state index in [0.717, 1.165) is 36.8 Å². The third kappa shape index (κ3) is 5.18. The first-order valence-corrected chi connectivity index (χ1v) is 16.4. The molecule has 1 heterocycles. The van der Waals surface area contributed by atoms with E-state index in [1.165, 1.54) is 13.5 Å². The molecule has 1 amide bonds. The Labute approximate surface area is 243 Å². The molecule has 1 saturated heterocycles. The molecule has 3 atom stereocenters. The van der Waals surface area contributed by atoms with E-state index in [4.69, 9.17) is 9.16 Å². The second kappa shape index (κ2) is 11.1. The molecule has 0 radical (unpaired) electrons. The average molecular weight is 562 g/mol. The van der Waals surface area contributed by atoms with Crippen molar-refractivity contribution in [2.75, 3.05) is 13.7 Å². The summed E-state index contributed by atoms with van der Waals surface area (Å²) < 4.78 is 12.5. The molecule has 1 aliphatic heterocycles. The van der Waals surface area contributed by atoms with E-state index >= 15 is 0 Å². The zero-order valence-electron chi connectivity index (χ0n) is 25.2. The molecular formula is C34H47NO4Si. The van der Waals surface area contributed by atoms with Gasteiger partial charge in [-0.05, 0) is 53.7 Å². The van der Waals surface area contributed by atoms with Crippen molar-refractivity contribution in [1.82, 2.24) is 4.90 Å². The summed E-state index contributed by atoms with van der Waals surface area (Å²) in [5.74, 6) is 0.700. The van der Waals surface area contributed by atoms with Gasteiger partial charge in [0, 0.05) is 18.5 Å².